The smallest absolute Gasteiger partial charge is 0.319 e. The highest BCUT2D eigenvalue weighted by Gasteiger charge is 2.50. The SMILES string of the molecule is C#Cc1c(F)ccc2cc(O)cc(-c3ncc4c(N5CC6CCC(C5)N6)nc(OCC56CCC(CN)N5CC(=C)C6)nc4c3P)c12. The first kappa shape index (κ1) is 29.5. The van der Waals surface area contributed by atoms with Gasteiger partial charge in [-0.3, -0.25) is 9.88 Å². The van der Waals surface area contributed by atoms with Crippen molar-refractivity contribution in [3.8, 4) is 35.4 Å². The molecule has 4 aromatic rings. The highest BCUT2D eigenvalue weighted by Crippen LogP contribution is 2.44. The van der Waals surface area contributed by atoms with Crippen LogP contribution in [0.2, 0.25) is 0 Å². The third kappa shape index (κ3) is 4.72. The molecule has 11 heteroatoms. The van der Waals surface area contributed by atoms with Gasteiger partial charge in [0.2, 0.25) is 0 Å². The minimum atomic E-state index is -0.506. The molecule has 5 atom stereocenters. The van der Waals surface area contributed by atoms with Crippen LogP contribution in [-0.4, -0.2) is 81.4 Å². The number of ether oxygens (including phenoxy) is 1. The number of benzene rings is 2. The number of terminal acetylenes is 1. The molecule has 4 N–H and O–H groups in total. The van der Waals surface area contributed by atoms with Crippen LogP contribution in [0.25, 0.3) is 32.9 Å². The first-order valence-electron chi connectivity index (χ1n) is 15.9. The molecule has 0 amide bonds. The number of fused-ring (bicyclic) bond motifs is 5. The first-order valence-corrected chi connectivity index (χ1v) is 16.5. The Morgan fingerprint density at radius 2 is 2.02 bits per heavy atom. The van der Waals surface area contributed by atoms with E-state index < -0.39 is 5.82 Å². The minimum absolute atomic E-state index is 0.0291. The van der Waals surface area contributed by atoms with Gasteiger partial charge in [0, 0.05) is 66.8 Å². The number of nitrogens with two attached hydrogens (primary N) is 1. The summed E-state index contributed by atoms with van der Waals surface area (Å²) in [5, 5.41) is 17.0. The maximum atomic E-state index is 14.9. The normalized spacial score (nSPS) is 25.8. The van der Waals surface area contributed by atoms with Gasteiger partial charge in [-0.25, -0.2) is 4.39 Å². The third-order valence-electron chi connectivity index (χ3n) is 10.4. The van der Waals surface area contributed by atoms with Crippen LogP contribution < -0.4 is 26.0 Å². The Labute approximate surface area is 269 Å². The van der Waals surface area contributed by atoms with Crippen LogP contribution >= 0.6 is 9.24 Å². The summed E-state index contributed by atoms with van der Waals surface area (Å²) in [6, 6.07) is 7.49. The van der Waals surface area contributed by atoms with Crippen LogP contribution in [0.5, 0.6) is 11.8 Å². The van der Waals surface area contributed by atoms with Gasteiger partial charge in [-0.2, -0.15) is 9.97 Å². The summed E-state index contributed by atoms with van der Waals surface area (Å²) < 4.78 is 21.5. The second-order valence-corrected chi connectivity index (χ2v) is 13.9. The Kier molecular flexibility index (Phi) is 7.15. The fraction of sp³-hybridized carbons (Fsp3) is 0.400. The molecule has 5 unspecified atom stereocenters. The number of hydrogen-bond acceptors (Lipinski definition) is 9. The van der Waals surface area contributed by atoms with Crippen LogP contribution in [0.4, 0.5) is 10.2 Å². The molecule has 4 aliphatic heterocycles. The Morgan fingerprint density at radius 1 is 1.22 bits per heavy atom. The van der Waals surface area contributed by atoms with E-state index in [-0.39, 0.29) is 16.9 Å². The highest BCUT2D eigenvalue weighted by molar-refractivity contribution is 7.28. The number of nitrogens with zero attached hydrogens (tertiary/aromatic N) is 5. The van der Waals surface area contributed by atoms with Crippen LogP contribution in [0, 0.1) is 18.2 Å². The standard InChI is InChI=1S/C35H37FN7O2P/c1-3-25-28(36)7-4-20-10-24(44)11-26(29(20)25)30-32(46)31-27(14-38-30)33(42-16-21-5-6-22(17-42)39-21)41-34(40-31)45-18-35-9-8-23(13-37)43(35)15-19(2)12-35/h1,4,7,10-11,14,21-23,39,44H,2,5-6,8-9,12-13,15-18,37,46H2. The van der Waals surface area contributed by atoms with E-state index in [9.17, 15) is 9.50 Å². The topological polar surface area (TPSA) is 113 Å². The van der Waals surface area contributed by atoms with Gasteiger partial charge >= 0.3 is 6.01 Å². The third-order valence-corrected chi connectivity index (χ3v) is 11.0. The van der Waals surface area contributed by atoms with Gasteiger partial charge in [0.1, 0.15) is 24.0 Å². The lowest BCUT2D eigenvalue weighted by atomic mass is 9.94. The maximum Gasteiger partial charge on any atom is 0.319 e. The lowest BCUT2D eigenvalue weighted by Crippen LogP contribution is -2.51. The van der Waals surface area contributed by atoms with Gasteiger partial charge in [-0.05, 0) is 55.7 Å². The molecule has 2 aromatic carbocycles. The molecule has 46 heavy (non-hydrogen) atoms. The van der Waals surface area contributed by atoms with Gasteiger partial charge in [-0.1, -0.05) is 24.1 Å². The second kappa shape index (κ2) is 11.1. The van der Waals surface area contributed by atoms with Crippen molar-refractivity contribution < 1.29 is 14.2 Å². The average Bonchev–Trinajstić information content (AvgIpc) is 3.68. The fourth-order valence-corrected chi connectivity index (χ4v) is 8.79. The zero-order chi connectivity index (χ0) is 31.7. The number of anilines is 1. The lowest BCUT2D eigenvalue weighted by molar-refractivity contribution is 0.0866. The predicted molar refractivity (Wildman–Crippen MR) is 182 cm³/mol. The Balaban J connectivity index is 1.26. The number of aromatic nitrogens is 3. The molecular formula is C35H37FN7O2P. The van der Waals surface area contributed by atoms with Crippen molar-refractivity contribution in [3.63, 3.8) is 0 Å². The zero-order valence-corrected chi connectivity index (χ0v) is 26.8. The largest absolute Gasteiger partial charge is 0.508 e. The van der Waals surface area contributed by atoms with E-state index in [0.717, 1.165) is 62.9 Å². The Morgan fingerprint density at radius 3 is 2.78 bits per heavy atom. The van der Waals surface area contributed by atoms with E-state index in [4.69, 9.17) is 31.8 Å². The highest BCUT2D eigenvalue weighted by atomic mass is 31.0. The zero-order valence-electron chi connectivity index (χ0n) is 25.6. The van der Waals surface area contributed by atoms with Crippen molar-refractivity contribution in [1.82, 2.24) is 25.2 Å². The average molecular weight is 638 g/mol. The summed E-state index contributed by atoms with van der Waals surface area (Å²) in [4.78, 5) is 19.7. The van der Waals surface area contributed by atoms with Gasteiger partial charge in [0.05, 0.1) is 27.7 Å². The number of pyridine rings is 1. The summed E-state index contributed by atoms with van der Waals surface area (Å²) in [5.74, 6) is 2.81. The van der Waals surface area contributed by atoms with E-state index in [1.807, 2.05) is 0 Å². The number of phenols is 1. The van der Waals surface area contributed by atoms with Gasteiger partial charge in [0.25, 0.3) is 0 Å². The van der Waals surface area contributed by atoms with Crippen LogP contribution in [0.3, 0.4) is 0 Å². The van der Waals surface area contributed by atoms with Gasteiger partial charge in [0.15, 0.2) is 0 Å². The van der Waals surface area contributed by atoms with E-state index in [2.05, 4.69) is 36.9 Å². The van der Waals surface area contributed by atoms with Crippen molar-refractivity contribution in [1.29, 1.82) is 0 Å². The van der Waals surface area contributed by atoms with Crippen LogP contribution in [0.15, 0.2) is 42.6 Å². The molecule has 8 rings (SSSR count). The molecule has 0 saturated carbocycles. The van der Waals surface area contributed by atoms with E-state index in [1.165, 1.54) is 11.6 Å². The molecule has 6 heterocycles. The summed E-state index contributed by atoms with van der Waals surface area (Å²) in [5.41, 5.74) is 8.99. The van der Waals surface area contributed by atoms with E-state index in [0.29, 0.717) is 70.1 Å². The molecule has 2 aromatic heterocycles. The van der Waals surface area contributed by atoms with Crippen LogP contribution in [-0.2, 0) is 0 Å². The molecule has 0 aliphatic carbocycles. The minimum Gasteiger partial charge on any atom is -0.508 e. The predicted octanol–water partition coefficient (Wildman–Crippen LogP) is 3.61. The molecule has 4 aliphatic rings. The summed E-state index contributed by atoms with van der Waals surface area (Å²) in [6.07, 6.45) is 12.7. The van der Waals surface area contributed by atoms with Gasteiger partial charge in [-0.15, -0.1) is 15.7 Å². The number of hydrogen-bond donors (Lipinski definition) is 3. The molecule has 4 fully saturated rings. The van der Waals surface area contributed by atoms with Crippen molar-refractivity contribution >= 4 is 42.0 Å². The number of halogens is 1. The van der Waals surface area contributed by atoms with E-state index >= 15 is 0 Å². The molecule has 9 nitrogen and oxygen atoms in total. The summed E-state index contributed by atoms with van der Waals surface area (Å²) in [7, 11) is 2.77. The number of rotatable bonds is 6. The van der Waals surface area contributed by atoms with Crippen molar-refractivity contribution in [2.45, 2.75) is 55.8 Å². The van der Waals surface area contributed by atoms with Crippen molar-refractivity contribution in [2.24, 2.45) is 5.73 Å². The molecule has 236 valence electrons. The van der Waals surface area contributed by atoms with Crippen molar-refractivity contribution in [2.75, 3.05) is 37.7 Å². The maximum absolute atomic E-state index is 14.9. The monoisotopic (exact) mass is 637 g/mol. The Hall–Kier alpha value is -3.87. The first-order chi connectivity index (χ1) is 22.3. The number of phenolic OH excluding ortho intramolecular Hbond substituents is 1. The molecule has 0 radical (unpaired) electrons. The van der Waals surface area contributed by atoms with Gasteiger partial charge < -0.3 is 25.8 Å². The molecule has 0 spiro atoms. The summed E-state index contributed by atoms with van der Waals surface area (Å²) >= 11 is 0. The van der Waals surface area contributed by atoms with E-state index in [1.54, 1.807) is 24.4 Å². The quantitative estimate of drug-likeness (QED) is 0.166. The number of piperazine rings is 1. The second-order valence-electron chi connectivity index (χ2n) is 13.3. The molecule has 4 saturated heterocycles. The number of nitrogens with one attached hydrogen (secondary N) is 1. The number of aromatic hydroxyl groups is 1. The Bertz CT molecular complexity index is 1950. The fourth-order valence-electron chi connectivity index (χ4n) is 8.34. The lowest BCUT2D eigenvalue weighted by Gasteiger charge is -2.35. The summed E-state index contributed by atoms with van der Waals surface area (Å²) in [6.45, 7) is 7.83. The van der Waals surface area contributed by atoms with Crippen molar-refractivity contribution in [3.05, 3.63) is 54.0 Å². The van der Waals surface area contributed by atoms with Crippen LogP contribution in [0.1, 0.15) is 37.7 Å². The molecule has 2 bridgehead atoms. The molecular weight excluding hydrogens is 600 g/mol.